The predicted molar refractivity (Wildman–Crippen MR) is 103 cm³/mol. The molecule has 26 heavy (non-hydrogen) atoms. The molecule has 1 heterocycles. The second kappa shape index (κ2) is 8.11. The first-order chi connectivity index (χ1) is 12.6. The van der Waals surface area contributed by atoms with Crippen molar-refractivity contribution in [3.8, 4) is 5.75 Å². The van der Waals surface area contributed by atoms with Crippen LogP contribution in [-0.2, 0) is 6.61 Å². The van der Waals surface area contributed by atoms with Crippen molar-refractivity contribution in [3.63, 3.8) is 0 Å². The molecule has 0 atom stereocenters. The summed E-state index contributed by atoms with van der Waals surface area (Å²) in [4.78, 5) is 18.7. The standard InChI is InChI=1S/C20H20N4O2/c1-14-15(2)22-20(23-19(14)25)24-21-12-16-8-6-7-9-17(16)13-26-18-10-4-3-5-11-18/h3-12H,13H2,1-2H3,(H2,22,23,24,25)/b21-12-. The molecule has 1 aromatic heterocycles. The van der Waals surface area contributed by atoms with Crippen molar-refractivity contribution in [2.45, 2.75) is 20.5 Å². The summed E-state index contributed by atoms with van der Waals surface area (Å²) in [5, 5.41) is 4.18. The Morgan fingerprint density at radius 2 is 1.85 bits per heavy atom. The van der Waals surface area contributed by atoms with Crippen LogP contribution in [0.4, 0.5) is 5.95 Å². The van der Waals surface area contributed by atoms with Crippen molar-refractivity contribution in [1.29, 1.82) is 0 Å². The highest BCUT2D eigenvalue weighted by Crippen LogP contribution is 2.13. The van der Waals surface area contributed by atoms with E-state index in [4.69, 9.17) is 4.74 Å². The molecule has 2 N–H and O–H groups in total. The van der Waals surface area contributed by atoms with Gasteiger partial charge in [-0.2, -0.15) is 5.10 Å². The Morgan fingerprint density at radius 1 is 1.12 bits per heavy atom. The molecule has 0 saturated heterocycles. The van der Waals surface area contributed by atoms with E-state index in [1.54, 1.807) is 20.1 Å². The van der Waals surface area contributed by atoms with Gasteiger partial charge >= 0.3 is 0 Å². The molecule has 0 aliphatic heterocycles. The van der Waals surface area contributed by atoms with E-state index in [2.05, 4.69) is 20.5 Å². The van der Waals surface area contributed by atoms with E-state index in [0.29, 0.717) is 23.8 Å². The van der Waals surface area contributed by atoms with Crippen LogP contribution in [0.1, 0.15) is 22.4 Å². The number of para-hydroxylation sites is 1. The lowest BCUT2D eigenvalue weighted by Crippen LogP contribution is -2.15. The zero-order valence-corrected chi connectivity index (χ0v) is 14.7. The summed E-state index contributed by atoms with van der Waals surface area (Å²) in [6.45, 7) is 3.96. The number of nitrogens with zero attached hydrogens (tertiary/aromatic N) is 2. The molecule has 3 rings (SSSR count). The van der Waals surface area contributed by atoms with Crippen LogP contribution in [0.3, 0.4) is 0 Å². The molecule has 0 radical (unpaired) electrons. The number of H-pyrrole nitrogens is 1. The number of rotatable bonds is 6. The quantitative estimate of drug-likeness (QED) is 0.528. The second-order valence-corrected chi connectivity index (χ2v) is 5.80. The molecule has 2 aromatic carbocycles. The highest BCUT2D eigenvalue weighted by Gasteiger charge is 2.03. The Balaban J connectivity index is 1.70. The van der Waals surface area contributed by atoms with E-state index in [0.717, 1.165) is 16.9 Å². The van der Waals surface area contributed by atoms with E-state index in [-0.39, 0.29) is 5.56 Å². The van der Waals surface area contributed by atoms with Gasteiger partial charge in [0.1, 0.15) is 12.4 Å². The number of nitrogens with one attached hydrogen (secondary N) is 2. The summed E-state index contributed by atoms with van der Waals surface area (Å²) in [5.74, 6) is 1.13. The van der Waals surface area contributed by atoms with Crippen molar-refractivity contribution in [1.82, 2.24) is 9.97 Å². The van der Waals surface area contributed by atoms with Gasteiger partial charge in [0, 0.05) is 16.8 Å². The van der Waals surface area contributed by atoms with Gasteiger partial charge in [0.2, 0.25) is 5.95 Å². The summed E-state index contributed by atoms with van der Waals surface area (Å²) < 4.78 is 5.80. The lowest BCUT2D eigenvalue weighted by Gasteiger charge is -2.08. The Hall–Kier alpha value is -3.41. The molecule has 0 saturated carbocycles. The second-order valence-electron chi connectivity index (χ2n) is 5.80. The van der Waals surface area contributed by atoms with Crippen molar-refractivity contribution in [3.05, 3.63) is 87.3 Å². The van der Waals surface area contributed by atoms with E-state index in [1.165, 1.54) is 0 Å². The summed E-state index contributed by atoms with van der Waals surface area (Å²) in [6, 6.07) is 17.5. The summed E-state index contributed by atoms with van der Waals surface area (Å²) in [6.07, 6.45) is 1.68. The van der Waals surface area contributed by atoms with E-state index in [1.807, 2.05) is 54.6 Å². The fraction of sp³-hybridized carbons (Fsp3) is 0.150. The minimum Gasteiger partial charge on any atom is -0.489 e. The first-order valence-corrected chi connectivity index (χ1v) is 8.26. The number of aromatic nitrogens is 2. The van der Waals surface area contributed by atoms with Crippen LogP contribution >= 0.6 is 0 Å². The lowest BCUT2D eigenvalue weighted by molar-refractivity contribution is 0.306. The molecular weight excluding hydrogens is 328 g/mol. The van der Waals surface area contributed by atoms with Gasteiger partial charge in [-0.3, -0.25) is 9.78 Å². The topological polar surface area (TPSA) is 79.4 Å². The molecule has 3 aromatic rings. The van der Waals surface area contributed by atoms with Crippen LogP contribution in [0.25, 0.3) is 0 Å². The van der Waals surface area contributed by atoms with Gasteiger partial charge in [0.25, 0.3) is 5.56 Å². The van der Waals surface area contributed by atoms with E-state index in [9.17, 15) is 4.79 Å². The van der Waals surface area contributed by atoms with Crippen molar-refractivity contribution >= 4 is 12.2 Å². The van der Waals surface area contributed by atoms with Crippen molar-refractivity contribution in [2.75, 3.05) is 5.43 Å². The first-order valence-electron chi connectivity index (χ1n) is 8.26. The lowest BCUT2D eigenvalue weighted by atomic mass is 10.1. The molecule has 6 nitrogen and oxygen atoms in total. The summed E-state index contributed by atoms with van der Waals surface area (Å²) >= 11 is 0. The van der Waals surface area contributed by atoms with Gasteiger partial charge < -0.3 is 4.74 Å². The molecule has 132 valence electrons. The number of ether oxygens (including phenoxy) is 1. The average Bonchev–Trinajstić information content (AvgIpc) is 2.66. The number of anilines is 1. The molecule has 0 aliphatic carbocycles. The number of hydrogen-bond donors (Lipinski definition) is 2. The Bertz CT molecular complexity index is 965. The number of aryl methyl sites for hydroxylation is 1. The molecule has 0 fully saturated rings. The van der Waals surface area contributed by atoms with Gasteiger partial charge in [-0.15, -0.1) is 0 Å². The molecule has 0 amide bonds. The predicted octanol–water partition coefficient (Wildman–Crippen LogP) is 3.41. The van der Waals surface area contributed by atoms with Gasteiger partial charge in [-0.1, -0.05) is 42.5 Å². The largest absolute Gasteiger partial charge is 0.489 e. The monoisotopic (exact) mass is 348 g/mol. The van der Waals surface area contributed by atoms with Crippen LogP contribution in [0, 0.1) is 13.8 Å². The fourth-order valence-electron chi connectivity index (χ4n) is 2.33. The van der Waals surface area contributed by atoms with Crippen LogP contribution in [-0.4, -0.2) is 16.2 Å². The highest BCUT2D eigenvalue weighted by atomic mass is 16.5. The molecule has 0 unspecified atom stereocenters. The fourth-order valence-corrected chi connectivity index (χ4v) is 2.33. The Morgan fingerprint density at radius 3 is 2.62 bits per heavy atom. The van der Waals surface area contributed by atoms with Crippen molar-refractivity contribution < 1.29 is 4.74 Å². The Labute approximate surface area is 151 Å². The number of benzene rings is 2. The molecule has 0 spiro atoms. The highest BCUT2D eigenvalue weighted by molar-refractivity contribution is 5.82. The van der Waals surface area contributed by atoms with Crippen LogP contribution in [0.5, 0.6) is 5.75 Å². The molecule has 0 bridgehead atoms. The minimum atomic E-state index is -0.174. The van der Waals surface area contributed by atoms with Gasteiger partial charge in [-0.05, 0) is 31.5 Å². The smallest absolute Gasteiger partial charge is 0.255 e. The zero-order valence-electron chi connectivity index (χ0n) is 14.7. The summed E-state index contributed by atoms with van der Waals surface area (Å²) in [5.41, 5.74) is 5.78. The molecular formula is C20H20N4O2. The van der Waals surface area contributed by atoms with Gasteiger partial charge in [-0.25, -0.2) is 10.4 Å². The average molecular weight is 348 g/mol. The summed E-state index contributed by atoms with van der Waals surface area (Å²) in [7, 11) is 0. The number of hydrogen-bond acceptors (Lipinski definition) is 5. The maximum absolute atomic E-state index is 11.8. The van der Waals surface area contributed by atoms with Crippen molar-refractivity contribution in [2.24, 2.45) is 5.10 Å². The molecule has 6 heteroatoms. The molecule has 0 aliphatic rings. The van der Waals surface area contributed by atoms with Gasteiger partial charge in [0.15, 0.2) is 0 Å². The number of aromatic amines is 1. The van der Waals surface area contributed by atoms with Crippen LogP contribution < -0.4 is 15.7 Å². The number of hydrazone groups is 1. The van der Waals surface area contributed by atoms with Gasteiger partial charge in [0.05, 0.1) is 6.21 Å². The Kier molecular flexibility index (Phi) is 5.43. The third-order valence-electron chi connectivity index (χ3n) is 3.96. The first kappa shape index (κ1) is 17.4. The van der Waals surface area contributed by atoms with E-state index < -0.39 is 0 Å². The minimum absolute atomic E-state index is 0.174. The maximum atomic E-state index is 11.8. The zero-order chi connectivity index (χ0) is 18.4. The van der Waals surface area contributed by atoms with E-state index >= 15 is 0 Å². The normalized spacial score (nSPS) is 10.8. The van der Waals surface area contributed by atoms with Crippen LogP contribution in [0.15, 0.2) is 64.5 Å². The van der Waals surface area contributed by atoms with Crippen LogP contribution in [0.2, 0.25) is 0 Å². The third kappa shape index (κ3) is 4.36. The SMILES string of the molecule is Cc1nc(N/N=C\c2ccccc2COc2ccccc2)[nH]c(=O)c1C. The third-order valence-corrected chi connectivity index (χ3v) is 3.96. The maximum Gasteiger partial charge on any atom is 0.255 e.